The van der Waals surface area contributed by atoms with Crippen LogP contribution >= 0.6 is 0 Å². The Morgan fingerprint density at radius 3 is 1.05 bits per heavy atom. The van der Waals surface area contributed by atoms with E-state index in [-0.39, 0.29) is 9.70 Å². The molecule has 0 fully saturated rings. The average Bonchev–Trinajstić information content (AvgIpc) is 3.40. The van der Waals surface area contributed by atoms with Crippen molar-refractivity contribution in [1.29, 1.82) is 0 Å². The third-order valence-electron chi connectivity index (χ3n) is 9.49. The second-order valence-electron chi connectivity index (χ2n) is 17.1. The van der Waals surface area contributed by atoms with E-state index in [1.54, 1.807) is 10.4 Å². The maximum atomic E-state index is 8.16. The standard InChI is InChI=1S/C32H58OSi6/c1-31(2,3)32(34(4,5)6,35(7,8)9)39(33-36(10,11)12)29(37(13,14)27-23-19-17-20-24-27)30(39)38(15,16)28-25-21-18-22-26-28/h17-26H,1-16H3. The number of hydrogen-bond acceptors (Lipinski definition) is 1. The molecule has 0 unspecified atom stereocenters. The van der Waals surface area contributed by atoms with Crippen molar-refractivity contribution < 1.29 is 4.12 Å². The first kappa shape index (κ1) is 32.9. The summed E-state index contributed by atoms with van der Waals surface area (Å²) < 4.78 is 8.43. The molecule has 0 saturated heterocycles. The van der Waals surface area contributed by atoms with Crippen LogP contribution < -0.4 is 10.4 Å². The molecule has 0 atom stereocenters. The Hall–Kier alpha value is -0.559. The molecule has 39 heavy (non-hydrogen) atoms. The van der Waals surface area contributed by atoms with Gasteiger partial charge in [-0.05, 0) is 29.3 Å². The van der Waals surface area contributed by atoms with E-state index in [2.05, 4.69) is 167 Å². The number of hydrogen-bond donors (Lipinski definition) is 0. The van der Waals surface area contributed by atoms with E-state index in [9.17, 15) is 0 Å². The summed E-state index contributed by atoms with van der Waals surface area (Å²) in [6, 6.07) is 23.2. The van der Waals surface area contributed by atoms with Gasteiger partial charge in [-0.2, -0.15) is 0 Å². The minimum absolute atomic E-state index is 0.170. The first-order chi connectivity index (χ1) is 17.4. The molecule has 0 saturated carbocycles. The van der Waals surface area contributed by atoms with Gasteiger partial charge in [0.15, 0.2) is 8.32 Å². The molecule has 2 aromatic rings. The summed E-state index contributed by atoms with van der Waals surface area (Å²) in [5.41, 5.74) is 0.170. The Balaban J connectivity index is 2.61. The third-order valence-corrected chi connectivity index (χ3v) is 46.9. The van der Waals surface area contributed by atoms with Crippen molar-refractivity contribution in [2.45, 2.75) is 110 Å². The summed E-state index contributed by atoms with van der Waals surface area (Å²) in [6.45, 7) is 42.2. The molecule has 2 aromatic carbocycles. The van der Waals surface area contributed by atoms with Gasteiger partial charge in [-0.1, -0.05) is 167 Å². The van der Waals surface area contributed by atoms with Crippen molar-refractivity contribution in [1.82, 2.24) is 0 Å². The summed E-state index contributed by atoms with van der Waals surface area (Å²) >= 11 is 0. The van der Waals surface area contributed by atoms with Crippen molar-refractivity contribution in [2.24, 2.45) is 5.41 Å². The van der Waals surface area contributed by atoms with Gasteiger partial charge in [-0.3, -0.25) is 0 Å². The molecular weight excluding hydrogens is 569 g/mol. The molecule has 0 aliphatic carbocycles. The van der Waals surface area contributed by atoms with Crippen LogP contribution in [0.5, 0.6) is 0 Å². The Morgan fingerprint density at radius 1 is 0.513 bits per heavy atom. The molecule has 0 bridgehead atoms. The molecule has 1 aliphatic rings. The van der Waals surface area contributed by atoms with Gasteiger partial charge in [0.1, 0.15) is 16.1 Å². The molecule has 0 aromatic heterocycles. The van der Waals surface area contributed by atoms with Gasteiger partial charge in [0.2, 0.25) is 8.32 Å². The minimum Gasteiger partial charge on any atom is -0.450 e. The zero-order valence-corrected chi connectivity index (χ0v) is 34.2. The van der Waals surface area contributed by atoms with Crippen LogP contribution in [0.3, 0.4) is 0 Å². The number of rotatable bonds is 9. The van der Waals surface area contributed by atoms with Crippen molar-refractivity contribution in [3.63, 3.8) is 0 Å². The van der Waals surface area contributed by atoms with Crippen LogP contribution in [0.2, 0.25) is 89.4 Å². The SMILES string of the molecule is CC(C)(C)C([Si](C)(C)C)([Si](C)(C)C)[Si]1(O[Si](C)(C)C)C([Si](C)(C)c2ccccc2)=C1[Si](C)(C)c1ccccc1. The van der Waals surface area contributed by atoms with Gasteiger partial charge < -0.3 is 4.12 Å². The maximum absolute atomic E-state index is 8.16. The second-order valence-corrected chi connectivity index (χ2v) is 46.9. The van der Waals surface area contributed by atoms with E-state index >= 15 is 0 Å². The highest BCUT2D eigenvalue weighted by Gasteiger charge is 2.83. The highest BCUT2D eigenvalue weighted by molar-refractivity contribution is 7.38. The van der Waals surface area contributed by atoms with Crippen LogP contribution in [-0.4, -0.2) is 48.9 Å². The lowest BCUT2D eigenvalue weighted by molar-refractivity contribution is 0.362. The zero-order valence-electron chi connectivity index (χ0n) is 28.2. The second kappa shape index (κ2) is 10.0. The van der Waals surface area contributed by atoms with Crippen molar-refractivity contribution in [3.8, 4) is 0 Å². The number of benzene rings is 2. The fourth-order valence-corrected chi connectivity index (χ4v) is 62.8. The summed E-state index contributed by atoms with van der Waals surface area (Å²) in [7, 11) is -12.1. The predicted molar refractivity (Wildman–Crippen MR) is 193 cm³/mol. The van der Waals surface area contributed by atoms with Gasteiger partial charge >= 0.3 is 0 Å². The lowest BCUT2D eigenvalue weighted by Gasteiger charge is -2.65. The van der Waals surface area contributed by atoms with E-state index in [1.807, 2.05) is 9.64 Å². The fraction of sp³-hybridized carbons (Fsp3) is 0.562. The van der Waals surface area contributed by atoms with Gasteiger partial charge in [0.05, 0.1) is 0 Å². The van der Waals surface area contributed by atoms with E-state index in [1.165, 1.54) is 0 Å². The molecule has 0 amide bonds. The van der Waals surface area contributed by atoms with E-state index in [0.717, 1.165) is 0 Å². The quantitative estimate of drug-likeness (QED) is 0.252. The Bertz CT molecular complexity index is 1110. The molecule has 0 radical (unpaired) electrons. The molecule has 216 valence electrons. The average molecular weight is 627 g/mol. The monoisotopic (exact) mass is 626 g/mol. The Morgan fingerprint density at radius 2 is 0.821 bits per heavy atom. The summed E-state index contributed by atoms with van der Waals surface area (Å²) in [6.07, 6.45) is 0. The summed E-state index contributed by atoms with van der Waals surface area (Å²) in [4.78, 5) is 3.81. The summed E-state index contributed by atoms with van der Waals surface area (Å²) in [5.74, 6) is 0. The van der Waals surface area contributed by atoms with Crippen LogP contribution in [0.25, 0.3) is 0 Å². The highest BCUT2D eigenvalue weighted by Crippen LogP contribution is 2.75. The lowest BCUT2D eigenvalue weighted by atomic mass is 9.99. The van der Waals surface area contributed by atoms with Crippen molar-refractivity contribution >= 4 is 59.3 Å². The normalized spacial score (nSPS) is 17.4. The van der Waals surface area contributed by atoms with Crippen molar-refractivity contribution in [2.75, 3.05) is 0 Å². The molecule has 1 heterocycles. The third kappa shape index (κ3) is 5.16. The largest absolute Gasteiger partial charge is 0.450 e. The van der Waals surface area contributed by atoms with Gasteiger partial charge in [-0.15, -0.1) is 0 Å². The highest BCUT2D eigenvalue weighted by atomic mass is 28.5. The molecule has 1 aliphatic heterocycles. The van der Waals surface area contributed by atoms with Gasteiger partial charge in [0, 0.05) is 16.1 Å². The fourth-order valence-electron chi connectivity index (χ4n) is 9.74. The summed E-state index contributed by atoms with van der Waals surface area (Å²) in [5, 5.41) is 3.16. The zero-order chi connectivity index (χ0) is 30.1. The minimum atomic E-state index is -2.53. The van der Waals surface area contributed by atoms with E-state index in [0.29, 0.717) is 0 Å². The Kier molecular flexibility index (Phi) is 8.47. The smallest absolute Gasteiger partial charge is 0.229 e. The molecule has 3 rings (SSSR count). The van der Waals surface area contributed by atoms with Crippen LogP contribution in [-0.2, 0) is 4.12 Å². The van der Waals surface area contributed by atoms with Gasteiger partial charge in [0.25, 0.3) is 0 Å². The topological polar surface area (TPSA) is 9.23 Å². The van der Waals surface area contributed by atoms with E-state index < -0.39 is 48.9 Å². The molecule has 1 nitrogen and oxygen atoms in total. The molecule has 7 heteroatoms. The van der Waals surface area contributed by atoms with Crippen LogP contribution in [0, 0.1) is 5.41 Å². The molecule has 0 spiro atoms. The van der Waals surface area contributed by atoms with Gasteiger partial charge in [-0.25, -0.2) is 0 Å². The maximum Gasteiger partial charge on any atom is 0.229 e. The van der Waals surface area contributed by atoms with E-state index in [4.69, 9.17) is 4.12 Å². The Labute approximate surface area is 248 Å². The lowest BCUT2D eigenvalue weighted by Crippen LogP contribution is -2.75. The molecular formula is C32H58OSi6. The van der Waals surface area contributed by atoms with Crippen LogP contribution in [0.4, 0.5) is 0 Å². The predicted octanol–water partition coefficient (Wildman–Crippen LogP) is 9.02. The first-order valence-electron chi connectivity index (χ1n) is 15.0. The van der Waals surface area contributed by atoms with Crippen molar-refractivity contribution in [3.05, 3.63) is 70.3 Å². The molecule has 0 N–H and O–H groups in total. The first-order valence-corrected chi connectivity index (χ1v) is 33.3. The van der Waals surface area contributed by atoms with Crippen LogP contribution in [0.15, 0.2) is 70.3 Å². The van der Waals surface area contributed by atoms with Crippen LogP contribution in [0.1, 0.15) is 20.8 Å².